The maximum Gasteiger partial charge on any atom is 0.0998 e. The van der Waals surface area contributed by atoms with Crippen LogP contribution in [0.15, 0.2) is 87.5 Å². The van der Waals surface area contributed by atoms with Gasteiger partial charge in [-0.1, -0.05) is 45.9 Å². The van der Waals surface area contributed by atoms with Gasteiger partial charge in [-0.05, 0) is 42.5 Å². The molecule has 0 aliphatic heterocycles. The highest BCUT2D eigenvalue weighted by Gasteiger charge is 2.11. The van der Waals surface area contributed by atoms with E-state index in [2.05, 4.69) is 44.1 Å². The number of H-pyrrole nitrogens is 1. The lowest BCUT2D eigenvalue weighted by atomic mass is 10.0. The number of rotatable bonds is 4. The van der Waals surface area contributed by atoms with Gasteiger partial charge in [0.05, 0.1) is 11.6 Å². The summed E-state index contributed by atoms with van der Waals surface area (Å²) in [4.78, 5) is 9.69. The standard InChI is InChI=1S/C22H14BrN3S/c23-17-6-7-21-19(11-17)20(14-26-21)15(12-24)10-16-13-25-9-8-22(16)27-18-4-2-1-3-5-18/h1-11,13-14,26H. The van der Waals surface area contributed by atoms with Crippen LogP contribution in [0.5, 0.6) is 0 Å². The second-order valence-electron chi connectivity index (χ2n) is 5.89. The van der Waals surface area contributed by atoms with Crippen molar-refractivity contribution < 1.29 is 0 Å². The molecule has 0 amide bonds. The SMILES string of the molecule is N#CC(=Cc1cnccc1Sc1ccccc1)c1c[nH]c2ccc(Br)cc12. The summed E-state index contributed by atoms with van der Waals surface area (Å²) in [6.07, 6.45) is 7.36. The number of nitrogens with one attached hydrogen (secondary N) is 1. The summed E-state index contributed by atoms with van der Waals surface area (Å²) < 4.78 is 0.981. The third-order valence-electron chi connectivity index (χ3n) is 4.14. The van der Waals surface area contributed by atoms with Crippen LogP contribution in [0.2, 0.25) is 0 Å². The van der Waals surface area contributed by atoms with E-state index in [-0.39, 0.29) is 0 Å². The molecular formula is C22H14BrN3S. The van der Waals surface area contributed by atoms with Crippen molar-refractivity contribution in [1.82, 2.24) is 9.97 Å². The number of hydrogen-bond donors (Lipinski definition) is 1. The molecule has 0 saturated carbocycles. The number of allylic oxidation sites excluding steroid dienone is 1. The molecule has 2 aromatic carbocycles. The third kappa shape index (κ3) is 3.82. The normalized spacial score (nSPS) is 11.5. The molecule has 130 valence electrons. The molecule has 0 bridgehead atoms. The van der Waals surface area contributed by atoms with E-state index in [1.165, 1.54) is 0 Å². The minimum Gasteiger partial charge on any atom is -0.361 e. The first-order chi connectivity index (χ1) is 13.2. The molecular weight excluding hydrogens is 418 g/mol. The van der Waals surface area contributed by atoms with Crippen LogP contribution in [0.25, 0.3) is 22.6 Å². The molecule has 0 atom stereocenters. The Morgan fingerprint density at radius 2 is 2.00 bits per heavy atom. The molecule has 1 N–H and O–H groups in total. The number of aromatic nitrogens is 2. The highest BCUT2D eigenvalue weighted by Crippen LogP contribution is 2.33. The molecule has 3 nitrogen and oxygen atoms in total. The van der Waals surface area contributed by atoms with Crippen LogP contribution in [-0.4, -0.2) is 9.97 Å². The minimum absolute atomic E-state index is 0.599. The Labute approximate surface area is 169 Å². The van der Waals surface area contributed by atoms with Gasteiger partial charge in [-0.3, -0.25) is 4.98 Å². The van der Waals surface area contributed by atoms with Crippen molar-refractivity contribution >= 4 is 50.2 Å². The third-order valence-corrected chi connectivity index (χ3v) is 5.73. The van der Waals surface area contributed by atoms with Crippen LogP contribution in [-0.2, 0) is 0 Å². The van der Waals surface area contributed by atoms with E-state index in [9.17, 15) is 5.26 Å². The molecule has 4 rings (SSSR count). The Kier molecular flexibility index (Phi) is 5.10. The molecule has 2 aromatic heterocycles. The Bertz CT molecular complexity index is 1170. The number of nitrogens with zero attached hydrogens (tertiary/aromatic N) is 2. The van der Waals surface area contributed by atoms with E-state index in [4.69, 9.17) is 0 Å². The number of halogens is 1. The van der Waals surface area contributed by atoms with Crippen LogP contribution in [0.1, 0.15) is 11.1 Å². The molecule has 0 radical (unpaired) electrons. The molecule has 0 aliphatic carbocycles. The summed E-state index contributed by atoms with van der Waals surface area (Å²) in [5, 5.41) is 10.8. The zero-order chi connectivity index (χ0) is 18.6. The second kappa shape index (κ2) is 7.83. The average molecular weight is 432 g/mol. The lowest BCUT2D eigenvalue weighted by Crippen LogP contribution is -1.85. The van der Waals surface area contributed by atoms with Crippen molar-refractivity contribution in [2.45, 2.75) is 9.79 Å². The fourth-order valence-corrected chi connectivity index (χ4v) is 4.12. The minimum atomic E-state index is 0.599. The van der Waals surface area contributed by atoms with E-state index in [1.54, 1.807) is 24.2 Å². The van der Waals surface area contributed by atoms with E-state index in [1.807, 2.05) is 54.7 Å². The van der Waals surface area contributed by atoms with Crippen molar-refractivity contribution in [2.24, 2.45) is 0 Å². The van der Waals surface area contributed by atoms with E-state index in [0.29, 0.717) is 5.57 Å². The average Bonchev–Trinajstić information content (AvgIpc) is 3.11. The first-order valence-corrected chi connectivity index (χ1v) is 9.91. The van der Waals surface area contributed by atoms with Gasteiger partial charge < -0.3 is 4.98 Å². The van der Waals surface area contributed by atoms with Gasteiger partial charge in [0.25, 0.3) is 0 Å². The van der Waals surface area contributed by atoms with Crippen LogP contribution in [0.4, 0.5) is 0 Å². The van der Waals surface area contributed by atoms with Gasteiger partial charge >= 0.3 is 0 Å². The van der Waals surface area contributed by atoms with E-state index in [0.717, 1.165) is 36.3 Å². The molecule has 27 heavy (non-hydrogen) atoms. The van der Waals surface area contributed by atoms with Gasteiger partial charge in [-0.2, -0.15) is 5.26 Å². The summed E-state index contributed by atoms with van der Waals surface area (Å²) >= 11 is 5.17. The lowest BCUT2D eigenvalue weighted by molar-refractivity contribution is 1.24. The van der Waals surface area contributed by atoms with Crippen molar-refractivity contribution in [1.29, 1.82) is 5.26 Å². The van der Waals surface area contributed by atoms with Crippen molar-refractivity contribution in [3.8, 4) is 6.07 Å². The van der Waals surface area contributed by atoms with Crippen LogP contribution < -0.4 is 0 Å². The second-order valence-corrected chi connectivity index (χ2v) is 7.92. The molecule has 4 aromatic rings. The van der Waals surface area contributed by atoms with Crippen molar-refractivity contribution in [3.05, 3.63) is 88.8 Å². The molecule has 0 unspecified atom stereocenters. The Balaban J connectivity index is 1.77. The number of nitriles is 1. The first kappa shape index (κ1) is 17.6. The van der Waals surface area contributed by atoms with Gasteiger partial charge in [0.15, 0.2) is 0 Å². The number of pyridine rings is 1. The molecule has 0 spiro atoms. The van der Waals surface area contributed by atoms with Gasteiger partial charge in [0.2, 0.25) is 0 Å². The highest BCUT2D eigenvalue weighted by atomic mass is 79.9. The van der Waals surface area contributed by atoms with E-state index >= 15 is 0 Å². The zero-order valence-electron chi connectivity index (χ0n) is 14.2. The Hall–Kier alpha value is -2.81. The largest absolute Gasteiger partial charge is 0.361 e. The summed E-state index contributed by atoms with van der Waals surface area (Å²) in [6.45, 7) is 0. The van der Waals surface area contributed by atoms with Crippen LogP contribution in [0.3, 0.4) is 0 Å². The fraction of sp³-hybridized carbons (Fsp3) is 0. The highest BCUT2D eigenvalue weighted by molar-refractivity contribution is 9.10. The van der Waals surface area contributed by atoms with E-state index < -0.39 is 0 Å². The smallest absolute Gasteiger partial charge is 0.0998 e. The van der Waals surface area contributed by atoms with Gasteiger partial charge in [0.1, 0.15) is 0 Å². The topological polar surface area (TPSA) is 52.5 Å². The Morgan fingerprint density at radius 3 is 2.81 bits per heavy atom. The number of hydrogen-bond acceptors (Lipinski definition) is 3. The van der Waals surface area contributed by atoms with Gasteiger partial charge in [-0.15, -0.1) is 0 Å². The zero-order valence-corrected chi connectivity index (χ0v) is 16.6. The molecule has 0 aliphatic rings. The Morgan fingerprint density at radius 1 is 1.15 bits per heavy atom. The molecule has 2 heterocycles. The molecule has 0 saturated heterocycles. The molecule has 5 heteroatoms. The quantitative estimate of drug-likeness (QED) is 0.373. The van der Waals surface area contributed by atoms with Crippen LogP contribution in [0, 0.1) is 11.3 Å². The van der Waals surface area contributed by atoms with Crippen molar-refractivity contribution in [3.63, 3.8) is 0 Å². The fourth-order valence-electron chi connectivity index (χ4n) is 2.85. The van der Waals surface area contributed by atoms with Gasteiger partial charge in [-0.25, -0.2) is 0 Å². The number of benzene rings is 2. The lowest BCUT2D eigenvalue weighted by Gasteiger charge is -2.06. The maximum atomic E-state index is 9.80. The summed E-state index contributed by atoms with van der Waals surface area (Å²) in [5.41, 5.74) is 3.40. The summed E-state index contributed by atoms with van der Waals surface area (Å²) in [6, 6.07) is 20.5. The van der Waals surface area contributed by atoms with Gasteiger partial charge in [0, 0.05) is 54.9 Å². The van der Waals surface area contributed by atoms with Crippen molar-refractivity contribution in [2.75, 3.05) is 0 Å². The first-order valence-electron chi connectivity index (χ1n) is 8.30. The summed E-state index contributed by atoms with van der Waals surface area (Å²) in [5.74, 6) is 0. The van der Waals surface area contributed by atoms with Crippen LogP contribution >= 0.6 is 27.7 Å². The monoisotopic (exact) mass is 431 g/mol. The predicted octanol–water partition coefficient (Wildman–Crippen LogP) is 6.54. The maximum absolute atomic E-state index is 9.80. The number of fused-ring (bicyclic) bond motifs is 1. The number of aromatic amines is 1. The summed E-state index contributed by atoms with van der Waals surface area (Å²) in [7, 11) is 0. The molecule has 0 fully saturated rings. The predicted molar refractivity (Wildman–Crippen MR) is 114 cm³/mol.